The smallest absolute Gasteiger partial charge is 0.303 e. The third-order valence-electron chi connectivity index (χ3n) is 3.63. The normalized spacial score (nSPS) is 11.9. The Morgan fingerprint density at radius 1 is 1.19 bits per heavy atom. The second-order valence-corrected chi connectivity index (χ2v) is 6.70. The first kappa shape index (κ1) is 21.0. The Bertz CT molecular complexity index is 837. The van der Waals surface area contributed by atoms with Crippen LogP contribution in [0.5, 0.6) is 5.75 Å². The number of benzene rings is 2. The van der Waals surface area contributed by atoms with Crippen LogP contribution in [-0.2, 0) is 11.2 Å². The highest BCUT2D eigenvalue weighted by molar-refractivity contribution is 8.01. The van der Waals surface area contributed by atoms with Crippen LogP contribution in [0.3, 0.4) is 0 Å². The number of rotatable bonds is 8. The van der Waals surface area contributed by atoms with Crippen molar-refractivity contribution in [1.82, 2.24) is 0 Å². The molecule has 5 N–H and O–H groups in total. The van der Waals surface area contributed by atoms with Gasteiger partial charge in [-0.1, -0.05) is 23.7 Å². The molecule has 9 heteroatoms. The van der Waals surface area contributed by atoms with Gasteiger partial charge in [0, 0.05) is 11.4 Å². The topological polar surface area (TPSA) is 98.6 Å². The Labute approximate surface area is 164 Å². The summed E-state index contributed by atoms with van der Waals surface area (Å²) in [6, 6.07) is 8.77. The number of carboxylic acid groups (broad SMARTS) is 1. The second kappa shape index (κ2) is 9.59. The van der Waals surface area contributed by atoms with Gasteiger partial charge in [0.2, 0.25) is 0 Å². The molecule has 2 aromatic carbocycles. The Morgan fingerprint density at radius 2 is 1.78 bits per heavy atom. The van der Waals surface area contributed by atoms with E-state index in [0.29, 0.717) is 21.2 Å². The van der Waals surface area contributed by atoms with Gasteiger partial charge in [0.15, 0.2) is 17.4 Å². The van der Waals surface area contributed by atoms with E-state index >= 15 is 0 Å². The monoisotopic (exact) mass is 414 g/mol. The minimum atomic E-state index is -1.05. The standard InChI is InChI=1S/C18H17ClF2N2O3S/c19-12-4-2-11(3-5-12)17(22)15(27-23)9-26-18-13(20)7-10(8-14(18)21)1-6-16(24)25/h2-5,7-8H,1,6,9,22-23H2,(H,24,25)/b17-15-. The van der Waals surface area contributed by atoms with Crippen molar-refractivity contribution in [1.29, 1.82) is 0 Å². The van der Waals surface area contributed by atoms with E-state index in [1.54, 1.807) is 24.3 Å². The second-order valence-electron chi connectivity index (χ2n) is 5.53. The van der Waals surface area contributed by atoms with Crippen LogP contribution in [0, 0.1) is 11.6 Å². The first-order valence-electron chi connectivity index (χ1n) is 7.75. The quantitative estimate of drug-likeness (QED) is 0.566. The van der Waals surface area contributed by atoms with Crippen LogP contribution >= 0.6 is 23.5 Å². The van der Waals surface area contributed by atoms with Gasteiger partial charge in [-0.3, -0.25) is 9.93 Å². The maximum Gasteiger partial charge on any atom is 0.303 e. The predicted molar refractivity (Wildman–Crippen MR) is 102 cm³/mol. The largest absolute Gasteiger partial charge is 0.482 e. The third-order valence-corrected chi connectivity index (χ3v) is 4.51. The van der Waals surface area contributed by atoms with Crippen molar-refractivity contribution in [2.45, 2.75) is 12.8 Å². The maximum absolute atomic E-state index is 14.1. The molecule has 0 fully saturated rings. The first-order chi connectivity index (χ1) is 12.8. The van der Waals surface area contributed by atoms with Gasteiger partial charge in [0.05, 0.1) is 10.6 Å². The van der Waals surface area contributed by atoms with E-state index in [1.165, 1.54) is 0 Å². The number of hydrogen-bond acceptors (Lipinski definition) is 5. The molecular formula is C18H17ClF2N2O3S. The van der Waals surface area contributed by atoms with Gasteiger partial charge in [0.25, 0.3) is 0 Å². The first-order valence-corrected chi connectivity index (χ1v) is 9.01. The lowest BCUT2D eigenvalue weighted by atomic mass is 10.1. The molecule has 0 aliphatic rings. The SMILES string of the molecule is NS/C(COc1c(F)cc(CCC(=O)O)cc1F)=C(\N)c1ccc(Cl)cc1. The Kier molecular flexibility index (Phi) is 7.46. The minimum absolute atomic E-state index is 0.0107. The van der Waals surface area contributed by atoms with E-state index in [9.17, 15) is 13.6 Å². The van der Waals surface area contributed by atoms with Crippen LogP contribution in [0.4, 0.5) is 8.78 Å². The van der Waals surface area contributed by atoms with Crippen molar-refractivity contribution in [3.63, 3.8) is 0 Å². The van der Waals surface area contributed by atoms with Crippen LogP contribution in [0.1, 0.15) is 17.5 Å². The maximum atomic E-state index is 14.1. The molecule has 0 aliphatic carbocycles. The predicted octanol–water partition coefficient (Wildman–Crippen LogP) is 3.95. The lowest BCUT2D eigenvalue weighted by molar-refractivity contribution is -0.136. The molecular weight excluding hydrogens is 398 g/mol. The van der Waals surface area contributed by atoms with Crippen LogP contribution in [-0.4, -0.2) is 17.7 Å². The van der Waals surface area contributed by atoms with E-state index in [1.807, 2.05) is 0 Å². The number of carbonyl (C=O) groups is 1. The minimum Gasteiger partial charge on any atom is -0.482 e. The molecule has 144 valence electrons. The summed E-state index contributed by atoms with van der Waals surface area (Å²) in [5.74, 6) is -3.49. The van der Waals surface area contributed by atoms with E-state index in [-0.39, 0.29) is 25.0 Å². The van der Waals surface area contributed by atoms with Crippen molar-refractivity contribution < 1.29 is 23.4 Å². The zero-order valence-electron chi connectivity index (χ0n) is 14.0. The molecule has 0 saturated carbocycles. The summed E-state index contributed by atoms with van der Waals surface area (Å²) < 4.78 is 33.5. The van der Waals surface area contributed by atoms with Gasteiger partial charge in [0.1, 0.15) is 6.61 Å². The van der Waals surface area contributed by atoms with Crippen molar-refractivity contribution >= 4 is 35.2 Å². The summed E-state index contributed by atoms with van der Waals surface area (Å²) in [6.45, 7) is -0.238. The number of aryl methyl sites for hydroxylation is 1. The van der Waals surface area contributed by atoms with Gasteiger partial charge in [-0.2, -0.15) is 0 Å². The summed E-state index contributed by atoms with van der Waals surface area (Å²) in [6.07, 6.45) is -0.218. The van der Waals surface area contributed by atoms with Gasteiger partial charge in [-0.05, 0) is 53.8 Å². The summed E-state index contributed by atoms with van der Waals surface area (Å²) in [5, 5.41) is 14.8. The number of hydrogen-bond donors (Lipinski definition) is 3. The van der Waals surface area contributed by atoms with E-state index < -0.39 is 23.4 Å². The Morgan fingerprint density at radius 3 is 2.30 bits per heavy atom. The summed E-state index contributed by atoms with van der Waals surface area (Å²) in [4.78, 5) is 10.9. The fraction of sp³-hybridized carbons (Fsp3) is 0.167. The van der Waals surface area contributed by atoms with Gasteiger partial charge in [-0.25, -0.2) is 8.78 Å². The highest BCUT2D eigenvalue weighted by Gasteiger charge is 2.15. The van der Waals surface area contributed by atoms with Gasteiger partial charge < -0.3 is 15.6 Å². The number of ether oxygens (including phenoxy) is 1. The van der Waals surface area contributed by atoms with Crippen LogP contribution in [0.15, 0.2) is 41.3 Å². The van der Waals surface area contributed by atoms with E-state index in [0.717, 1.165) is 24.1 Å². The Hall–Kier alpha value is -2.29. The molecule has 5 nitrogen and oxygen atoms in total. The Balaban J connectivity index is 2.17. The molecule has 27 heavy (non-hydrogen) atoms. The van der Waals surface area contributed by atoms with Crippen molar-refractivity contribution in [3.8, 4) is 5.75 Å². The lowest BCUT2D eigenvalue weighted by Gasteiger charge is -2.13. The molecule has 0 radical (unpaired) electrons. The molecule has 0 bridgehead atoms. The lowest BCUT2D eigenvalue weighted by Crippen LogP contribution is -2.10. The summed E-state index contributed by atoms with van der Waals surface area (Å²) in [7, 11) is 0. The molecule has 0 spiro atoms. The third kappa shape index (κ3) is 5.85. The fourth-order valence-electron chi connectivity index (χ4n) is 2.25. The van der Waals surface area contributed by atoms with Crippen molar-refractivity contribution in [2.75, 3.05) is 6.61 Å². The highest BCUT2D eigenvalue weighted by Crippen LogP contribution is 2.27. The fourth-order valence-corrected chi connectivity index (χ4v) is 2.75. The molecule has 2 aromatic rings. The van der Waals surface area contributed by atoms with E-state index in [4.69, 9.17) is 32.3 Å². The molecule has 0 saturated heterocycles. The average Bonchev–Trinajstić information content (AvgIpc) is 2.62. The van der Waals surface area contributed by atoms with Crippen LogP contribution < -0.4 is 15.6 Å². The van der Waals surface area contributed by atoms with E-state index in [2.05, 4.69) is 0 Å². The van der Waals surface area contributed by atoms with Crippen molar-refractivity contribution in [3.05, 3.63) is 69.1 Å². The number of nitrogens with two attached hydrogens (primary N) is 2. The molecule has 0 unspecified atom stereocenters. The molecule has 0 aromatic heterocycles. The zero-order chi connectivity index (χ0) is 20.0. The number of carboxylic acids is 1. The van der Waals surface area contributed by atoms with Gasteiger partial charge >= 0.3 is 5.97 Å². The highest BCUT2D eigenvalue weighted by atomic mass is 35.5. The zero-order valence-corrected chi connectivity index (χ0v) is 15.6. The molecule has 2 rings (SSSR count). The number of aliphatic carboxylic acids is 1. The van der Waals surface area contributed by atoms with Crippen LogP contribution in [0.2, 0.25) is 5.02 Å². The molecule has 0 amide bonds. The average molecular weight is 415 g/mol. The molecule has 0 heterocycles. The number of halogens is 3. The van der Waals surface area contributed by atoms with Gasteiger partial charge in [-0.15, -0.1) is 0 Å². The molecule has 0 aliphatic heterocycles. The van der Waals surface area contributed by atoms with Crippen molar-refractivity contribution in [2.24, 2.45) is 10.9 Å². The summed E-state index contributed by atoms with van der Waals surface area (Å²) >= 11 is 6.64. The summed E-state index contributed by atoms with van der Waals surface area (Å²) in [5.41, 5.74) is 7.21. The molecule has 0 atom stereocenters. The van der Waals surface area contributed by atoms with Crippen LogP contribution in [0.25, 0.3) is 5.70 Å².